The molecule has 2 aliphatic rings. The highest BCUT2D eigenvalue weighted by Crippen LogP contribution is 2.23. The maximum absolute atomic E-state index is 12.4. The standard InChI is InChI=1S/C25H29N5O3/c1-4-17-9-21-22(29(3)25(17)32)8-16(10-26-21)12-30-13-20(14-30)33-19-7-15(2)23(27-11-19)24(31)28-18-5-6-18/h7-11,18,20H,4-6,12-14H2,1-3H3,(H,28,31). The maximum atomic E-state index is 12.4. The molecule has 0 aromatic carbocycles. The van der Waals surface area contributed by atoms with Gasteiger partial charge in [0.25, 0.3) is 11.5 Å². The van der Waals surface area contributed by atoms with Crippen molar-refractivity contribution in [1.82, 2.24) is 24.8 Å². The topological polar surface area (TPSA) is 89.3 Å². The lowest BCUT2D eigenvalue weighted by molar-refractivity contribution is 0.0143. The number of aromatic nitrogens is 3. The van der Waals surface area contributed by atoms with Crippen LogP contribution in [0, 0.1) is 6.92 Å². The van der Waals surface area contributed by atoms with Gasteiger partial charge >= 0.3 is 0 Å². The van der Waals surface area contributed by atoms with Gasteiger partial charge in [-0.25, -0.2) is 4.98 Å². The lowest BCUT2D eigenvalue weighted by Crippen LogP contribution is -2.53. The molecule has 172 valence electrons. The third-order valence-corrected chi connectivity index (χ3v) is 6.40. The number of amides is 1. The summed E-state index contributed by atoms with van der Waals surface area (Å²) in [5.41, 5.74) is 4.89. The molecule has 0 spiro atoms. The second-order valence-electron chi connectivity index (χ2n) is 9.15. The number of ether oxygens (including phenoxy) is 1. The van der Waals surface area contributed by atoms with Gasteiger partial charge in [0.1, 0.15) is 17.5 Å². The molecule has 1 saturated heterocycles. The van der Waals surface area contributed by atoms with Gasteiger partial charge < -0.3 is 14.6 Å². The van der Waals surface area contributed by atoms with Crippen LogP contribution in [0.4, 0.5) is 0 Å². The van der Waals surface area contributed by atoms with Gasteiger partial charge in [0.2, 0.25) is 0 Å². The highest BCUT2D eigenvalue weighted by Gasteiger charge is 2.29. The van der Waals surface area contributed by atoms with Gasteiger partial charge in [-0.3, -0.25) is 19.5 Å². The van der Waals surface area contributed by atoms with E-state index < -0.39 is 0 Å². The van der Waals surface area contributed by atoms with Crippen LogP contribution in [0.1, 0.15) is 46.9 Å². The van der Waals surface area contributed by atoms with E-state index in [1.165, 1.54) is 0 Å². The summed E-state index contributed by atoms with van der Waals surface area (Å²) in [4.78, 5) is 35.9. The summed E-state index contributed by atoms with van der Waals surface area (Å²) in [5.74, 6) is 0.581. The Morgan fingerprint density at radius 1 is 1.18 bits per heavy atom. The highest BCUT2D eigenvalue weighted by molar-refractivity contribution is 5.94. The van der Waals surface area contributed by atoms with Crippen molar-refractivity contribution in [3.63, 3.8) is 0 Å². The summed E-state index contributed by atoms with van der Waals surface area (Å²) in [6.45, 7) is 6.22. The summed E-state index contributed by atoms with van der Waals surface area (Å²) in [5, 5.41) is 2.97. The van der Waals surface area contributed by atoms with Crippen molar-refractivity contribution in [2.45, 2.75) is 51.8 Å². The smallest absolute Gasteiger partial charge is 0.270 e. The van der Waals surface area contributed by atoms with Crippen LogP contribution in [-0.2, 0) is 20.0 Å². The van der Waals surface area contributed by atoms with Crippen LogP contribution >= 0.6 is 0 Å². The van der Waals surface area contributed by atoms with E-state index in [4.69, 9.17) is 4.74 Å². The van der Waals surface area contributed by atoms with E-state index in [2.05, 4.69) is 26.3 Å². The summed E-state index contributed by atoms with van der Waals surface area (Å²) < 4.78 is 7.75. The van der Waals surface area contributed by atoms with Crippen LogP contribution < -0.4 is 15.6 Å². The molecule has 4 heterocycles. The lowest BCUT2D eigenvalue weighted by Gasteiger charge is -2.39. The van der Waals surface area contributed by atoms with Gasteiger partial charge in [0, 0.05) is 44.5 Å². The Morgan fingerprint density at radius 3 is 2.67 bits per heavy atom. The van der Waals surface area contributed by atoms with Crippen molar-refractivity contribution in [2.75, 3.05) is 13.1 Å². The fraction of sp³-hybridized carbons (Fsp3) is 0.440. The lowest BCUT2D eigenvalue weighted by atomic mass is 10.1. The minimum atomic E-state index is -0.108. The Kier molecular flexibility index (Phi) is 5.62. The van der Waals surface area contributed by atoms with Gasteiger partial charge in [0.15, 0.2) is 0 Å². The molecule has 3 aromatic rings. The number of pyridine rings is 3. The first-order valence-corrected chi connectivity index (χ1v) is 11.6. The number of nitrogens with zero attached hydrogens (tertiary/aromatic N) is 4. The fourth-order valence-electron chi connectivity index (χ4n) is 4.29. The summed E-state index contributed by atoms with van der Waals surface area (Å²) in [6, 6.07) is 6.14. The molecule has 1 N–H and O–H groups in total. The quantitative estimate of drug-likeness (QED) is 0.598. The third kappa shape index (κ3) is 4.48. The zero-order chi connectivity index (χ0) is 23.1. The van der Waals surface area contributed by atoms with Crippen molar-refractivity contribution in [2.24, 2.45) is 7.05 Å². The normalized spacial score (nSPS) is 16.6. The largest absolute Gasteiger partial charge is 0.486 e. The monoisotopic (exact) mass is 447 g/mol. The number of carbonyl (C=O) groups excluding carboxylic acids is 1. The first-order chi connectivity index (χ1) is 15.9. The highest BCUT2D eigenvalue weighted by atomic mass is 16.5. The number of hydrogen-bond acceptors (Lipinski definition) is 6. The number of fused-ring (bicyclic) bond motifs is 1. The van der Waals surface area contributed by atoms with Crippen molar-refractivity contribution < 1.29 is 9.53 Å². The summed E-state index contributed by atoms with van der Waals surface area (Å²) >= 11 is 0. The first-order valence-electron chi connectivity index (χ1n) is 11.6. The molecule has 1 aliphatic carbocycles. The number of likely N-dealkylation sites (tertiary alicyclic amines) is 1. The van der Waals surface area contributed by atoms with E-state index in [1.54, 1.807) is 17.8 Å². The summed E-state index contributed by atoms with van der Waals surface area (Å²) in [7, 11) is 1.81. The number of carbonyl (C=O) groups is 1. The van der Waals surface area contributed by atoms with Gasteiger partial charge in [0.05, 0.1) is 17.2 Å². The fourth-order valence-corrected chi connectivity index (χ4v) is 4.29. The van der Waals surface area contributed by atoms with E-state index in [0.717, 1.165) is 60.2 Å². The molecule has 0 radical (unpaired) electrons. The van der Waals surface area contributed by atoms with Gasteiger partial charge in [-0.15, -0.1) is 0 Å². The maximum Gasteiger partial charge on any atom is 0.270 e. The summed E-state index contributed by atoms with van der Waals surface area (Å²) in [6.07, 6.45) is 6.42. The second kappa shape index (κ2) is 8.59. The Bertz CT molecular complexity index is 1280. The van der Waals surface area contributed by atoms with E-state index in [-0.39, 0.29) is 17.6 Å². The minimum absolute atomic E-state index is 0.0429. The second-order valence-corrected chi connectivity index (χ2v) is 9.15. The molecule has 8 heteroatoms. The molecule has 3 aromatic heterocycles. The average Bonchev–Trinajstić information content (AvgIpc) is 3.59. The zero-order valence-electron chi connectivity index (χ0n) is 19.3. The molecule has 5 rings (SSSR count). The number of nitrogens with one attached hydrogen (secondary N) is 1. The Balaban J connectivity index is 1.18. The van der Waals surface area contributed by atoms with Crippen LogP contribution in [0.2, 0.25) is 0 Å². The first kappa shape index (κ1) is 21.6. The molecule has 33 heavy (non-hydrogen) atoms. The van der Waals surface area contributed by atoms with E-state index in [0.29, 0.717) is 23.9 Å². The molecule has 0 bridgehead atoms. The molecule has 1 amide bonds. The Labute approximate surface area is 192 Å². The van der Waals surface area contributed by atoms with Crippen LogP contribution in [0.5, 0.6) is 5.75 Å². The minimum Gasteiger partial charge on any atom is -0.486 e. The molecule has 1 aliphatic heterocycles. The van der Waals surface area contributed by atoms with Crippen LogP contribution in [0.15, 0.2) is 35.4 Å². The molecule has 0 unspecified atom stereocenters. The Hall–Kier alpha value is -3.26. The van der Waals surface area contributed by atoms with E-state index in [9.17, 15) is 9.59 Å². The third-order valence-electron chi connectivity index (χ3n) is 6.40. The molecule has 2 fully saturated rings. The SMILES string of the molecule is CCc1cc2ncc(CN3CC(Oc4cnc(C(=O)NC5CC5)c(C)c4)C3)cc2n(C)c1=O. The molecule has 0 atom stereocenters. The predicted octanol–water partition coefficient (Wildman–Crippen LogP) is 2.35. The van der Waals surface area contributed by atoms with Crippen molar-refractivity contribution in [1.29, 1.82) is 0 Å². The van der Waals surface area contributed by atoms with Crippen molar-refractivity contribution in [3.05, 3.63) is 63.3 Å². The van der Waals surface area contributed by atoms with E-state index >= 15 is 0 Å². The molecule has 1 saturated carbocycles. The molecular weight excluding hydrogens is 418 g/mol. The average molecular weight is 448 g/mol. The number of rotatable bonds is 7. The number of hydrogen-bond donors (Lipinski definition) is 1. The Morgan fingerprint density at radius 2 is 1.97 bits per heavy atom. The number of aryl methyl sites for hydroxylation is 3. The van der Waals surface area contributed by atoms with Crippen molar-refractivity contribution >= 4 is 16.9 Å². The van der Waals surface area contributed by atoms with Crippen LogP contribution in [0.25, 0.3) is 11.0 Å². The van der Waals surface area contributed by atoms with Gasteiger partial charge in [-0.2, -0.15) is 0 Å². The van der Waals surface area contributed by atoms with E-state index in [1.807, 2.05) is 32.2 Å². The molecule has 8 nitrogen and oxygen atoms in total. The van der Waals surface area contributed by atoms with Crippen molar-refractivity contribution in [3.8, 4) is 5.75 Å². The zero-order valence-corrected chi connectivity index (χ0v) is 19.3. The van der Waals surface area contributed by atoms with Gasteiger partial charge in [-0.1, -0.05) is 6.92 Å². The van der Waals surface area contributed by atoms with Gasteiger partial charge in [-0.05, 0) is 55.5 Å². The molecular formula is C25H29N5O3. The predicted molar refractivity (Wildman–Crippen MR) is 126 cm³/mol. The van der Waals surface area contributed by atoms with Crippen LogP contribution in [-0.4, -0.2) is 50.6 Å². The van der Waals surface area contributed by atoms with Crippen LogP contribution in [0.3, 0.4) is 0 Å².